The van der Waals surface area contributed by atoms with Crippen LogP contribution in [0.2, 0.25) is 0 Å². The molecule has 186 valence electrons. The number of hydroxylamine groups is 1. The molecule has 4 aromatic rings. The normalized spacial score (nSPS) is 10.8. The Bertz CT molecular complexity index is 1300. The number of nitrogens with zero attached hydrogens (tertiary/aromatic N) is 1. The zero-order chi connectivity index (χ0) is 25.3. The molecule has 2 amide bonds. The van der Waals surface area contributed by atoms with Crippen LogP contribution in [0.15, 0.2) is 79.0 Å². The van der Waals surface area contributed by atoms with Crippen molar-refractivity contribution in [2.45, 2.75) is 32.1 Å². The third-order valence-electron chi connectivity index (χ3n) is 6.31. The lowest BCUT2D eigenvalue weighted by atomic mass is 10.0. The molecule has 1 aromatic heterocycles. The molecule has 0 saturated carbocycles. The number of carbonyl (C=O) groups is 2. The van der Waals surface area contributed by atoms with Gasteiger partial charge in [-0.25, -0.2) is 5.48 Å². The lowest BCUT2D eigenvalue weighted by molar-refractivity contribution is -0.129. The predicted octanol–water partition coefficient (Wildman–Crippen LogP) is 5.95. The van der Waals surface area contributed by atoms with Crippen molar-refractivity contribution in [1.29, 1.82) is 0 Å². The van der Waals surface area contributed by atoms with Gasteiger partial charge in [-0.3, -0.25) is 14.8 Å². The second-order valence-corrected chi connectivity index (χ2v) is 8.71. The summed E-state index contributed by atoms with van der Waals surface area (Å²) < 4.78 is 5.23. The molecule has 4 rings (SSSR count). The number of benzene rings is 3. The summed E-state index contributed by atoms with van der Waals surface area (Å²) in [5.41, 5.74) is 6.39. The molecule has 0 fully saturated rings. The topological polar surface area (TPSA) is 94.7 Å². The Morgan fingerprint density at radius 3 is 2.33 bits per heavy atom. The molecule has 7 nitrogen and oxygen atoms in total. The van der Waals surface area contributed by atoms with Gasteiger partial charge in [0, 0.05) is 35.9 Å². The van der Waals surface area contributed by atoms with Crippen molar-refractivity contribution in [3.05, 3.63) is 84.6 Å². The van der Waals surface area contributed by atoms with Crippen LogP contribution in [0.1, 0.15) is 42.5 Å². The molecule has 0 atom stereocenters. The Labute approximate surface area is 210 Å². The summed E-state index contributed by atoms with van der Waals surface area (Å²) in [6, 6.07) is 23.6. The van der Waals surface area contributed by atoms with Crippen molar-refractivity contribution >= 4 is 28.4 Å². The second kappa shape index (κ2) is 12.0. The summed E-state index contributed by atoms with van der Waals surface area (Å²) in [6.07, 6.45) is 5.44. The highest BCUT2D eigenvalue weighted by Gasteiger charge is 2.18. The SMILES string of the molecule is COc1ccc(C(=O)N(CCCCCCC(=O)NO)c2ccc(-c3ccc4[nH]ccc4c3)cc2)cc1. The Hall–Kier alpha value is -4.10. The molecule has 7 heteroatoms. The molecular formula is C29H31N3O4. The van der Waals surface area contributed by atoms with Gasteiger partial charge in [0.1, 0.15) is 5.75 Å². The standard InChI is InChI=1S/C29H31N3O4/c1-36-26-14-9-22(10-15-26)29(34)32(19-5-3-2-4-6-28(33)31-35)25-12-7-21(8-13-25)23-11-16-27-24(20-23)17-18-30-27/h7-18,20,30,35H,2-6,19H2,1H3,(H,31,33). The zero-order valence-electron chi connectivity index (χ0n) is 20.4. The highest BCUT2D eigenvalue weighted by molar-refractivity contribution is 6.06. The van der Waals surface area contributed by atoms with E-state index in [0.717, 1.165) is 47.0 Å². The van der Waals surface area contributed by atoms with Gasteiger partial charge in [0.25, 0.3) is 5.91 Å². The van der Waals surface area contributed by atoms with E-state index in [1.54, 1.807) is 41.8 Å². The van der Waals surface area contributed by atoms with Gasteiger partial charge in [-0.1, -0.05) is 31.0 Å². The fourth-order valence-corrected chi connectivity index (χ4v) is 4.27. The minimum Gasteiger partial charge on any atom is -0.497 e. The third-order valence-corrected chi connectivity index (χ3v) is 6.31. The molecule has 0 saturated heterocycles. The Kier molecular flexibility index (Phi) is 8.36. The summed E-state index contributed by atoms with van der Waals surface area (Å²) >= 11 is 0. The van der Waals surface area contributed by atoms with Crippen LogP contribution in [0.3, 0.4) is 0 Å². The highest BCUT2D eigenvalue weighted by atomic mass is 16.5. The maximum atomic E-state index is 13.5. The minimum absolute atomic E-state index is 0.0706. The van der Waals surface area contributed by atoms with Gasteiger partial charge < -0.3 is 14.6 Å². The van der Waals surface area contributed by atoms with Crippen LogP contribution in [-0.2, 0) is 4.79 Å². The van der Waals surface area contributed by atoms with Crippen LogP contribution in [0, 0.1) is 0 Å². The number of unbranched alkanes of at least 4 members (excludes halogenated alkanes) is 3. The van der Waals surface area contributed by atoms with Crippen LogP contribution in [-0.4, -0.2) is 35.7 Å². The predicted molar refractivity (Wildman–Crippen MR) is 141 cm³/mol. The Balaban J connectivity index is 1.49. The smallest absolute Gasteiger partial charge is 0.258 e. The summed E-state index contributed by atoms with van der Waals surface area (Å²) in [6.45, 7) is 0.561. The average Bonchev–Trinajstić information content (AvgIpc) is 3.40. The number of hydrogen-bond acceptors (Lipinski definition) is 4. The zero-order valence-corrected chi connectivity index (χ0v) is 20.4. The van der Waals surface area contributed by atoms with Gasteiger partial charge in [-0.05, 0) is 84.0 Å². The van der Waals surface area contributed by atoms with Crippen molar-refractivity contribution in [1.82, 2.24) is 10.5 Å². The number of nitrogens with one attached hydrogen (secondary N) is 2. The van der Waals surface area contributed by atoms with Crippen molar-refractivity contribution in [3.8, 4) is 16.9 Å². The Morgan fingerprint density at radius 1 is 0.889 bits per heavy atom. The summed E-state index contributed by atoms with van der Waals surface area (Å²) in [7, 11) is 1.60. The number of anilines is 1. The molecular weight excluding hydrogens is 454 g/mol. The molecule has 1 heterocycles. The van der Waals surface area contributed by atoms with Gasteiger partial charge in [0.2, 0.25) is 5.91 Å². The van der Waals surface area contributed by atoms with E-state index in [-0.39, 0.29) is 11.8 Å². The number of ether oxygens (including phenoxy) is 1. The van der Waals surface area contributed by atoms with Crippen LogP contribution < -0.4 is 15.1 Å². The lowest BCUT2D eigenvalue weighted by Gasteiger charge is -2.23. The average molecular weight is 486 g/mol. The summed E-state index contributed by atoms with van der Waals surface area (Å²) in [5.74, 6) is 0.259. The number of fused-ring (bicyclic) bond motifs is 1. The molecule has 0 bridgehead atoms. The summed E-state index contributed by atoms with van der Waals surface area (Å²) in [5, 5.41) is 9.77. The first kappa shape index (κ1) is 25.0. The van der Waals surface area contributed by atoms with Gasteiger partial charge >= 0.3 is 0 Å². The molecule has 3 N–H and O–H groups in total. The molecule has 0 spiro atoms. The van der Waals surface area contributed by atoms with Gasteiger partial charge in [0.05, 0.1) is 7.11 Å². The van der Waals surface area contributed by atoms with E-state index < -0.39 is 0 Å². The van der Waals surface area contributed by atoms with Crippen molar-refractivity contribution in [3.63, 3.8) is 0 Å². The number of hydrogen-bond donors (Lipinski definition) is 3. The first-order valence-corrected chi connectivity index (χ1v) is 12.2. The van der Waals surface area contributed by atoms with Gasteiger partial charge in [0.15, 0.2) is 0 Å². The third kappa shape index (κ3) is 6.12. The number of rotatable bonds is 11. The van der Waals surface area contributed by atoms with Crippen LogP contribution in [0.5, 0.6) is 5.75 Å². The molecule has 3 aromatic carbocycles. The number of aromatic amines is 1. The van der Waals surface area contributed by atoms with E-state index >= 15 is 0 Å². The monoisotopic (exact) mass is 485 g/mol. The largest absolute Gasteiger partial charge is 0.497 e. The summed E-state index contributed by atoms with van der Waals surface area (Å²) in [4.78, 5) is 29.7. The second-order valence-electron chi connectivity index (χ2n) is 8.71. The fraction of sp³-hybridized carbons (Fsp3) is 0.241. The van der Waals surface area contributed by atoms with Crippen molar-refractivity contribution in [2.75, 3.05) is 18.6 Å². The van der Waals surface area contributed by atoms with E-state index in [1.807, 2.05) is 30.5 Å². The number of aromatic nitrogens is 1. The van der Waals surface area contributed by atoms with E-state index in [1.165, 1.54) is 0 Å². The highest BCUT2D eigenvalue weighted by Crippen LogP contribution is 2.27. The quantitative estimate of drug-likeness (QED) is 0.139. The lowest BCUT2D eigenvalue weighted by Crippen LogP contribution is -2.32. The maximum Gasteiger partial charge on any atom is 0.258 e. The van der Waals surface area contributed by atoms with E-state index in [2.05, 4.69) is 29.2 Å². The number of amides is 2. The van der Waals surface area contributed by atoms with Crippen LogP contribution in [0.4, 0.5) is 5.69 Å². The first-order valence-electron chi connectivity index (χ1n) is 12.2. The number of carbonyl (C=O) groups excluding carboxylic acids is 2. The minimum atomic E-state index is -0.373. The fourth-order valence-electron chi connectivity index (χ4n) is 4.27. The molecule has 0 radical (unpaired) electrons. The molecule has 0 unspecified atom stereocenters. The maximum absolute atomic E-state index is 13.5. The molecule has 0 aliphatic rings. The van der Waals surface area contributed by atoms with Gasteiger partial charge in [-0.2, -0.15) is 0 Å². The van der Waals surface area contributed by atoms with E-state index in [4.69, 9.17) is 9.94 Å². The number of H-pyrrole nitrogens is 1. The Morgan fingerprint density at radius 2 is 1.61 bits per heavy atom. The molecule has 0 aliphatic heterocycles. The van der Waals surface area contributed by atoms with E-state index in [9.17, 15) is 9.59 Å². The number of methoxy groups -OCH3 is 1. The van der Waals surface area contributed by atoms with Crippen molar-refractivity contribution < 1.29 is 19.5 Å². The van der Waals surface area contributed by atoms with E-state index in [0.29, 0.717) is 30.7 Å². The molecule has 0 aliphatic carbocycles. The van der Waals surface area contributed by atoms with Gasteiger partial charge in [-0.15, -0.1) is 0 Å². The molecule has 36 heavy (non-hydrogen) atoms. The first-order chi connectivity index (χ1) is 17.6. The van der Waals surface area contributed by atoms with Crippen molar-refractivity contribution in [2.24, 2.45) is 0 Å². The van der Waals surface area contributed by atoms with Crippen LogP contribution >= 0.6 is 0 Å². The van der Waals surface area contributed by atoms with Crippen LogP contribution in [0.25, 0.3) is 22.0 Å².